The molecule has 1 aromatic rings. The normalized spacial score (nSPS) is 13.5. The monoisotopic (exact) mass is 298 g/mol. The summed E-state index contributed by atoms with van der Waals surface area (Å²) < 4.78 is 5.07. The van der Waals surface area contributed by atoms with Crippen molar-refractivity contribution in [1.29, 1.82) is 0 Å². The quantitative estimate of drug-likeness (QED) is 0.766. The molecule has 0 radical (unpaired) electrons. The fourth-order valence-electron chi connectivity index (χ4n) is 1.77. The van der Waals surface area contributed by atoms with Gasteiger partial charge in [0.2, 0.25) is 0 Å². The lowest BCUT2D eigenvalue weighted by atomic mass is 10.1. The Labute approximate surface area is 121 Å². The first kappa shape index (κ1) is 16.4. The van der Waals surface area contributed by atoms with E-state index in [9.17, 15) is 9.59 Å². The summed E-state index contributed by atoms with van der Waals surface area (Å²) in [6, 6.07) is 7.53. The van der Waals surface area contributed by atoms with Gasteiger partial charge in [0, 0.05) is 5.25 Å². The summed E-state index contributed by atoms with van der Waals surface area (Å²) in [5.74, 6) is -1.41. The first-order chi connectivity index (χ1) is 9.42. The van der Waals surface area contributed by atoms with Crippen molar-refractivity contribution in [3.05, 3.63) is 29.8 Å². The molecule has 0 amide bonds. The number of methoxy groups -OCH3 is 1. The zero-order valence-electron chi connectivity index (χ0n) is 11.4. The van der Waals surface area contributed by atoms with E-state index in [1.807, 2.05) is 31.2 Å². The summed E-state index contributed by atoms with van der Waals surface area (Å²) >= 11 is 1.17. The van der Waals surface area contributed by atoms with Gasteiger partial charge in [0.1, 0.15) is 11.0 Å². The van der Waals surface area contributed by atoms with Crippen LogP contribution in [0.4, 0.5) is 0 Å². The molecule has 0 aliphatic carbocycles. The van der Waals surface area contributed by atoms with Crippen LogP contribution < -0.4 is 4.74 Å². The number of thioether (sulfide) groups is 1. The van der Waals surface area contributed by atoms with E-state index in [0.29, 0.717) is 6.42 Å². The van der Waals surface area contributed by atoms with Crippen molar-refractivity contribution >= 4 is 23.7 Å². The second-order valence-corrected chi connectivity index (χ2v) is 6.07. The third kappa shape index (κ3) is 5.52. The molecule has 0 heterocycles. The van der Waals surface area contributed by atoms with E-state index >= 15 is 0 Å². The van der Waals surface area contributed by atoms with Gasteiger partial charge in [-0.05, 0) is 24.1 Å². The largest absolute Gasteiger partial charge is 0.497 e. The zero-order valence-corrected chi connectivity index (χ0v) is 12.2. The van der Waals surface area contributed by atoms with Crippen LogP contribution in [0, 0.1) is 0 Å². The maximum atomic E-state index is 11.0. The molecule has 0 aliphatic rings. The van der Waals surface area contributed by atoms with E-state index in [1.54, 1.807) is 7.11 Å². The minimum absolute atomic E-state index is 0.0174. The Hall–Kier alpha value is -1.69. The minimum Gasteiger partial charge on any atom is -0.497 e. The predicted molar refractivity (Wildman–Crippen MR) is 77.4 cm³/mol. The minimum atomic E-state index is -1.10. The second-order valence-electron chi connectivity index (χ2n) is 4.42. The number of hydrogen-bond acceptors (Lipinski definition) is 4. The topological polar surface area (TPSA) is 83.8 Å². The lowest BCUT2D eigenvalue weighted by Crippen LogP contribution is -2.23. The van der Waals surface area contributed by atoms with Crippen molar-refractivity contribution in [1.82, 2.24) is 0 Å². The van der Waals surface area contributed by atoms with Gasteiger partial charge in [0.05, 0.1) is 13.5 Å². The highest BCUT2D eigenvalue weighted by molar-refractivity contribution is 8.01. The average Bonchev–Trinajstić information content (AvgIpc) is 2.38. The second kappa shape index (κ2) is 7.79. The Morgan fingerprint density at radius 1 is 1.25 bits per heavy atom. The highest BCUT2D eigenvalue weighted by Crippen LogP contribution is 2.24. The van der Waals surface area contributed by atoms with Crippen LogP contribution in [0.15, 0.2) is 24.3 Å². The van der Waals surface area contributed by atoms with Gasteiger partial charge in [0.15, 0.2) is 0 Å². The van der Waals surface area contributed by atoms with E-state index in [4.69, 9.17) is 14.9 Å². The molecular weight excluding hydrogens is 280 g/mol. The van der Waals surface area contributed by atoms with Gasteiger partial charge in [-0.1, -0.05) is 19.1 Å². The summed E-state index contributed by atoms with van der Waals surface area (Å²) in [5.41, 5.74) is 1.06. The van der Waals surface area contributed by atoms with Gasteiger partial charge < -0.3 is 14.9 Å². The number of carbonyl (C=O) groups is 2. The van der Waals surface area contributed by atoms with E-state index < -0.39 is 17.2 Å². The third-order valence-corrected chi connectivity index (χ3v) is 4.04. The van der Waals surface area contributed by atoms with Crippen LogP contribution in [0.1, 0.15) is 18.9 Å². The van der Waals surface area contributed by atoms with Gasteiger partial charge in [-0.3, -0.25) is 9.59 Å². The number of ether oxygens (including phenoxy) is 1. The van der Waals surface area contributed by atoms with Gasteiger partial charge in [-0.2, -0.15) is 0 Å². The van der Waals surface area contributed by atoms with Crippen LogP contribution in [-0.4, -0.2) is 39.8 Å². The number of rotatable bonds is 8. The molecule has 0 aromatic heterocycles. The summed E-state index contributed by atoms with van der Waals surface area (Å²) in [4.78, 5) is 21.6. The van der Waals surface area contributed by atoms with Gasteiger partial charge in [-0.25, -0.2) is 0 Å². The molecule has 0 bridgehead atoms. The molecule has 20 heavy (non-hydrogen) atoms. The number of carboxylic acids is 2. The molecule has 2 atom stereocenters. The molecule has 0 saturated heterocycles. The van der Waals surface area contributed by atoms with Crippen LogP contribution in [0.2, 0.25) is 0 Å². The van der Waals surface area contributed by atoms with Crippen LogP contribution in [0.5, 0.6) is 5.75 Å². The van der Waals surface area contributed by atoms with E-state index in [0.717, 1.165) is 11.3 Å². The summed E-state index contributed by atoms with van der Waals surface area (Å²) in [5, 5.41) is 16.8. The number of hydrogen-bond donors (Lipinski definition) is 2. The van der Waals surface area contributed by atoms with Crippen molar-refractivity contribution in [2.75, 3.05) is 7.11 Å². The molecule has 0 spiro atoms. The van der Waals surface area contributed by atoms with E-state index in [1.165, 1.54) is 11.8 Å². The predicted octanol–water partition coefficient (Wildman–Crippen LogP) is 2.29. The zero-order chi connectivity index (χ0) is 15.1. The molecular formula is C14H18O5S. The average molecular weight is 298 g/mol. The molecule has 110 valence electrons. The van der Waals surface area contributed by atoms with E-state index in [2.05, 4.69) is 0 Å². The van der Waals surface area contributed by atoms with E-state index in [-0.39, 0.29) is 11.7 Å². The maximum absolute atomic E-state index is 11.0. The van der Waals surface area contributed by atoms with Crippen LogP contribution in [0.25, 0.3) is 0 Å². The van der Waals surface area contributed by atoms with Gasteiger partial charge in [0.25, 0.3) is 0 Å². The number of benzene rings is 1. The van der Waals surface area contributed by atoms with Crippen molar-refractivity contribution in [2.45, 2.75) is 30.3 Å². The van der Waals surface area contributed by atoms with Crippen molar-refractivity contribution in [2.24, 2.45) is 0 Å². The van der Waals surface area contributed by atoms with Gasteiger partial charge >= 0.3 is 11.9 Å². The molecule has 0 saturated carbocycles. The summed E-state index contributed by atoms with van der Waals surface area (Å²) in [7, 11) is 1.59. The fourth-order valence-corrected chi connectivity index (χ4v) is 2.98. The van der Waals surface area contributed by atoms with Gasteiger partial charge in [-0.15, -0.1) is 11.8 Å². The first-order valence-corrected chi connectivity index (χ1v) is 7.09. The molecule has 1 aromatic carbocycles. The fraction of sp³-hybridized carbons (Fsp3) is 0.429. The van der Waals surface area contributed by atoms with Crippen LogP contribution in [0.3, 0.4) is 0 Å². The maximum Gasteiger partial charge on any atom is 0.317 e. The molecule has 0 fully saturated rings. The SMILES string of the molecule is COc1ccc(C[C@@H](C)S[C@@H](CC(=O)O)C(=O)O)cc1. The highest BCUT2D eigenvalue weighted by Gasteiger charge is 2.24. The molecule has 2 N–H and O–H groups in total. The standard InChI is InChI=1S/C14H18O5S/c1-9(20-12(14(17)18)8-13(15)16)7-10-3-5-11(19-2)6-4-10/h3-6,9,12H,7-8H2,1-2H3,(H,15,16)(H,17,18)/t9-,12+/m1/s1. The number of aliphatic carboxylic acids is 2. The molecule has 1 rings (SSSR count). The Bertz CT molecular complexity index is 457. The first-order valence-electron chi connectivity index (χ1n) is 6.15. The molecule has 0 aliphatic heterocycles. The lowest BCUT2D eigenvalue weighted by Gasteiger charge is -2.16. The smallest absolute Gasteiger partial charge is 0.317 e. The molecule has 6 heteroatoms. The summed E-state index contributed by atoms with van der Waals surface area (Å²) in [6.45, 7) is 1.90. The van der Waals surface area contributed by atoms with Crippen molar-refractivity contribution in [3.8, 4) is 5.75 Å². The van der Waals surface area contributed by atoms with Crippen LogP contribution >= 0.6 is 11.8 Å². The lowest BCUT2D eigenvalue weighted by molar-refractivity contribution is -0.142. The summed E-state index contributed by atoms with van der Waals surface area (Å²) in [6.07, 6.45) is 0.311. The Morgan fingerprint density at radius 3 is 2.30 bits per heavy atom. The van der Waals surface area contributed by atoms with Crippen LogP contribution in [-0.2, 0) is 16.0 Å². The number of carboxylic acid groups (broad SMARTS) is 2. The Kier molecular flexibility index (Phi) is 6.38. The van der Waals surface area contributed by atoms with Crippen molar-refractivity contribution in [3.63, 3.8) is 0 Å². The highest BCUT2D eigenvalue weighted by atomic mass is 32.2. The Balaban J connectivity index is 2.57. The third-order valence-electron chi connectivity index (χ3n) is 2.71. The Morgan fingerprint density at radius 2 is 1.85 bits per heavy atom. The molecule has 5 nitrogen and oxygen atoms in total. The van der Waals surface area contributed by atoms with Crippen molar-refractivity contribution < 1.29 is 24.5 Å². The molecule has 0 unspecified atom stereocenters.